The Labute approximate surface area is 140 Å². The molecule has 2 aromatic carbocycles. The number of carbonyl (C=O) groups is 3. The molecule has 0 aromatic heterocycles. The predicted octanol–water partition coefficient (Wildman–Crippen LogP) is 3.12. The monoisotopic (exact) mass is 370 g/mol. The second kappa shape index (κ2) is 6.18. The van der Waals surface area contributed by atoms with Crippen LogP contribution in [0.3, 0.4) is 0 Å². The number of anilines is 1. The van der Waals surface area contributed by atoms with Crippen LogP contribution in [-0.2, 0) is 9.59 Å². The number of benzene rings is 2. The number of urea groups is 1. The number of carbonyl (C=O) groups excluding carboxylic acids is 3. The molecule has 6 heteroatoms. The molecule has 0 saturated carbocycles. The minimum Gasteiger partial charge on any atom is -0.273 e. The van der Waals surface area contributed by atoms with E-state index in [1.165, 1.54) is 6.08 Å². The van der Waals surface area contributed by atoms with Crippen molar-refractivity contribution >= 4 is 45.5 Å². The molecule has 1 aliphatic rings. The van der Waals surface area contributed by atoms with Gasteiger partial charge in [0, 0.05) is 4.47 Å². The van der Waals surface area contributed by atoms with Crippen molar-refractivity contribution in [2.75, 3.05) is 4.90 Å². The molecule has 0 spiro atoms. The van der Waals surface area contributed by atoms with Crippen molar-refractivity contribution in [1.29, 1.82) is 0 Å². The fourth-order valence-electron chi connectivity index (χ4n) is 2.23. The van der Waals surface area contributed by atoms with E-state index in [2.05, 4.69) is 21.2 Å². The summed E-state index contributed by atoms with van der Waals surface area (Å²) in [5, 5.41) is 2.19. The third kappa shape index (κ3) is 3.07. The molecule has 1 heterocycles. The molecular weight excluding hydrogens is 360 g/mol. The summed E-state index contributed by atoms with van der Waals surface area (Å²) in [5.41, 5.74) is 0.995. The Morgan fingerprint density at radius 1 is 0.957 bits per heavy atom. The van der Waals surface area contributed by atoms with Gasteiger partial charge in [-0.1, -0.05) is 46.3 Å². The van der Waals surface area contributed by atoms with Gasteiger partial charge >= 0.3 is 6.03 Å². The number of barbiturate groups is 1. The maximum Gasteiger partial charge on any atom is 0.335 e. The molecule has 0 atom stereocenters. The van der Waals surface area contributed by atoms with E-state index < -0.39 is 17.8 Å². The molecule has 5 nitrogen and oxygen atoms in total. The van der Waals surface area contributed by atoms with Crippen LogP contribution >= 0.6 is 15.9 Å². The van der Waals surface area contributed by atoms with Gasteiger partial charge in [-0.15, -0.1) is 0 Å². The van der Waals surface area contributed by atoms with E-state index in [9.17, 15) is 14.4 Å². The summed E-state index contributed by atoms with van der Waals surface area (Å²) in [6.07, 6.45) is 1.46. The van der Waals surface area contributed by atoms with Crippen LogP contribution in [0.15, 0.2) is 64.6 Å². The highest BCUT2D eigenvalue weighted by Crippen LogP contribution is 2.22. The Morgan fingerprint density at radius 3 is 2.39 bits per heavy atom. The lowest BCUT2D eigenvalue weighted by Crippen LogP contribution is -2.54. The van der Waals surface area contributed by atoms with Crippen molar-refractivity contribution in [3.05, 3.63) is 70.2 Å². The van der Waals surface area contributed by atoms with Crippen LogP contribution in [0, 0.1) is 0 Å². The maximum absolute atomic E-state index is 12.6. The van der Waals surface area contributed by atoms with Gasteiger partial charge in [0.05, 0.1) is 5.69 Å². The summed E-state index contributed by atoms with van der Waals surface area (Å²) in [7, 11) is 0. The molecule has 3 rings (SSSR count). The maximum atomic E-state index is 12.6. The van der Waals surface area contributed by atoms with Crippen LogP contribution < -0.4 is 10.2 Å². The summed E-state index contributed by atoms with van der Waals surface area (Å²) in [5.74, 6) is -1.35. The number of imide groups is 2. The number of hydrogen-bond acceptors (Lipinski definition) is 3. The topological polar surface area (TPSA) is 66.5 Å². The van der Waals surface area contributed by atoms with Gasteiger partial charge in [-0.3, -0.25) is 14.9 Å². The van der Waals surface area contributed by atoms with Gasteiger partial charge in [0.1, 0.15) is 5.57 Å². The van der Waals surface area contributed by atoms with Gasteiger partial charge in [0.2, 0.25) is 0 Å². The lowest BCUT2D eigenvalue weighted by atomic mass is 10.1. The average molecular weight is 371 g/mol. The smallest absolute Gasteiger partial charge is 0.273 e. The van der Waals surface area contributed by atoms with E-state index >= 15 is 0 Å². The zero-order valence-corrected chi connectivity index (χ0v) is 13.4. The first kappa shape index (κ1) is 15.2. The van der Waals surface area contributed by atoms with Crippen LogP contribution in [0.5, 0.6) is 0 Å². The van der Waals surface area contributed by atoms with Gasteiger partial charge in [-0.25, -0.2) is 9.69 Å². The minimum atomic E-state index is -0.752. The molecule has 0 radical (unpaired) electrons. The Balaban J connectivity index is 2.02. The summed E-state index contributed by atoms with van der Waals surface area (Å²) < 4.78 is 0.825. The predicted molar refractivity (Wildman–Crippen MR) is 89.6 cm³/mol. The molecule has 1 fully saturated rings. The van der Waals surface area contributed by atoms with Crippen molar-refractivity contribution in [3.8, 4) is 0 Å². The molecule has 0 bridgehead atoms. The van der Waals surface area contributed by atoms with Crippen LogP contribution in [0.25, 0.3) is 6.08 Å². The standard InChI is InChI=1S/C17H11BrN2O3/c18-12-6-4-5-11(9-12)10-14-15(21)19-17(23)20(16(14)22)13-7-2-1-3-8-13/h1-10H,(H,19,21,23). The summed E-state index contributed by atoms with van der Waals surface area (Å²) in [6.45, 7) is 0. The van der Waals surface area contributed by atoms with E-state index in [1.54, 1.807) is 48.5 Å². The molecule has 1 N–H and O–H groups in total. The van der Waals surface area contributed by atoms with Gasteiger partial charge in [-0.2, -0.15) is 0 Å². The van der Waals surface area contributed by atoms with Crippen molar-refractivity contribution in [3.63, 3.8) is 0 Å². The van der Waals surface area contributed by atoms with Gasteiger partial charge in [0.25, 0.3) is 11.8 Å². The molecule has 4 amide bonds. The summed E-state index contributed by atoms with van der Waals surface area (Å²) >= 11 is 3.34. The van der Waals surface area contributed by atoms with Gasteiger partial charge < -0.3 is 0 Å². The fourth-order valence-corrected chi connectivity index (χ4v) is 2.65. The van der Waals surface area contributed by atoms with Crippen LogP contribution in [0.1, 0.15) is 5.56 Å². The average Bonchev–Trinajstić information content (AvgIpc) is 2.52. The van der Waals surface area contributed by atoms with Crippen molar-refractivity contribution in [2.45, 2.75) is 0 Å². The zero-order valence-electron chi connectivity index (χ0n) is 11.8. The highest BCUT2D eigenvalue weighted by molar-refractivity contribution is 9.10. The first-order valence-electron chi connectivity index (χ1n) is 6.78. The number of para-hydroxylation sites is 1. The van der Waals surface area contributed by atoms with Crippen LogP contribution in [0.2, 0.25) is 0 Å². The zero-order chi connectivity index (χ0) is 16.4. The summed E-state index contributed by atoms with van der Waals surface area (Å²) in [4.78, 5) is 37.6. The van der Waals surface area contributed by atoms with Crippen molar-refractivity contribution < 1.29 is 14.4 Å². The number of amides is 4. The van der Waals surface area contributed by atoms with Gasteiger partial charge in [-0.05, 0) is 35.9 Å². The largest absolute Gasteiger partial charge is 0.335 e. The molecule has 23 heavy (non-hydrogen) atoms. The number of halogens is 1. The molecule has 114 valence electrons. The van der Waals surface area contributed by atoms with E-state index in [0.29, 0.717) is 11.3 Å². The Morgan fingerprint density at radius 2 is 1.70 bits per heavy atom. The van der Waals surface area contributed by atoms with E-state index in [-0.39, 0.29) is 5.57 Å². The molecular formula is C17H11BrN2O3. The quantitative estimate of drug-likeness (QED) is 0.652. The Kier molecular flexibility index (Phi) is 4.08. The lowest BCUT2D eigenvalue weighted by molar-refractivity contribution is -0.122. The normalized spacial score (nSPS) is 16.7. The molecule has 2 aromatic rings. The van der Waals surface area contributed by atoms with E-state index in [0.717, 1.165) is 9.37 Å². The third-order valence-corrected chi connectivity index (χ3v) is 3.77. The third-order valence-electron chi connectivity index (χ3n) is 3.28. The molecule has 0 aliphatic carbocycles. The van der Waals surface area contributed by atoms with Crippen molar-refractivity contribution in [1.82, 2.24) is 5.32 Å². The number of nitrogens with one attached hydrogen (secondary N) is 1. The first-order valence-corrected chi connectivity index (χ1v) is 7.57. The van der Waals surface area contributed by atoms with E-state index in [1.807, 2.05) is 6.07 Å². The molecule has 0 unspecified atom stereocenters. The SMILES string of the molecule is O=C1NC(=O)N(c2ccccc2)C(=O)C1=Cc1cccc(Br)c1. The Bertz CT molecular complexity index is 831. The number of hydrogen-bond donors (Lipinski definition) is 1. The van der Waals surface area contributed by atoms with Crippen molar-refractivity contribution in [2.24, 2.45) is 0 Å². The molecule has 1 saturated heterocycles. The second-order valence-corrected chi connectivity index (χ2v) is 5.76. The second-order valence-electron chi connectivity index (χ2n) is 4.85. The van der Waals surface area contributed by atoms with Crippen LogP contribution in [-0.4, -0.2) is 17.8 Å². The van der Waals surface area contributed by atoms with E-state index in [4.69, 9.17) is 0 Å². The lowest BCUT2D eigenvalue weighted by Gasteiger charge is -2.26. The Hall–Kier alpha value is -2.73. The summed E-state index contributed by atoms with van der Waals surface area (Å²) in [6, 6.07) is 14.9. The van der Waals surface area contributed by atoms with Gasteiger partial charge in [0.15, 0.2) is 0 Å². The highest BCUT2D eigenvalue weighted by Gasteiger charge is 2.36. The highest BCUT2D eigenvalue weighted by atomic mass is 79.9. The first-order chi connectivity index (χ1) is 11.1. The van der Waals surface area contributed by atoms with Crippen LogP contribution in [0.4, 0.5) is 10.5 Å². The number of nitrogens with zero attached hydrogens (tertiary/aromatic N) is 1. The minimum absolute atomic E-state index is 0.0912. The number of rotatable bonds is 2. The fraction of sp³-hybridized carbons (Fsp3) is 0. The molecule has 1 aliphatic heterocycles.